The monoisotopic (exact) mass is 503 g/mol. The lowest BCUT2D eigenvalue weighted by atomic mass is 9.91. The summed E-state index contributed by atoms with van der Waals surface area (Å²) in [5, 5.41) is 5.98. The van der Waals surface area contributed by atoms with Gasteiger partial charge < -0.3 is 34.5 Å². The van der Waals surface area contributed by atoms with Crippen LogP contribution in [0, 0.1) is 6.92 Å². The zero-order valence-corrected chi connectivity index (χ0v) is 21.0. The number of benzene rings is 3. The fourth-order valence-corrected chi connectivity index (χ4v) is 4.65. The van der Waals surface area contributed by atoms with Gasteiger partial charge in [0.2, 0.25) is 6.79 Å². The molecule has 0 aliphatic carbocycles. The number of rotatable bonds is 6. The molecule has 2 aliphatic heterocycles. The van der Waals surface area contributed by atoms with Crippen molar-refractivity contribution in [1.82, 2.24) is 10.2 Å². The molecular formula is C28H29N3O6. The van der Waals surface area contributed by atoms with Gasteiger partial charge in [0.05, 0.1) is 20.3 Å². The summed E-state index contributed by atoms with van der Waals surface area (Å²) in [6.45, 7) is 2.81. The molecule has 0 bridgehead atoms. The molecule has 0 saturated heterocycles. The van der Waals surface area contributed by atoms with Gasteiger partial charge in [0.1, 0.15) is 0 Å². The van der Waals surface area contributed by atoms with Crippen LogP contribution in [0.5, 0.6) is 23.0 Å². The molecule has 3 amide bonds. The maximum absolute atomic E-state index is 13.4. The number of ether oxygens (including phenoxy) is 4. The summed E-state index contributed by atoms with van der Waals surface area (Å²) in [5.41, 5.74) is 4.20. The minimum absolute atomic E-state index is 0.135. The molecule has 1 unspecified atom stereocenters. The molecule has 3 aromatic carbocycles. The molecule has 0 saturated carbocycles. The topological polar surface area (TPSA) is 98.4 Å². The second-order valence-electron chi connectivity index (χ2n) is 8.94. The van der Waals surface area contributed by atoms with Crippen LogP contribution in [-0.4, -0.2) is 50.9 Å². The minimum Gasteiger partial charge on any atom is -0.493 e. The first kappa shape index (κ1) is 24.3. The second-order valence-corrected chi connectivity index (χ2v) is 8.94. The maximum Gasteiger partial charge on any atom is 0.322 e. The average molecular weight is 504 g/mol. The van der Waals surface area contributed by atoms with E-state index >= 15 is 0 Å². The molecule has 1 atom stereocenters. The quantitative estimate of drug-likeness (QED) is 0.521. The molecule has 0 fully saturated rings. The minimum atomic E-state index is -0.424. The van der Waals surface area contributed by atoms with E-state index in [4.69, 9.17) is 18.9 Å². The van der Waals surface area contributed by atoms with Gasteiger partial charge in [-0.15, -0.1) is 0 Å². The largest absolute Gasteiger partial charge is 0.493 e. The van der Waals surface area contributed by atoms with Crippen LogP contribution in [0.1, 0.15) is 33.1 Å². The number of hydrogen-bond donors (Lipinski definition) is 2. The van der Waals surface area contributed by atoms with Gasteiger partial charge in [-0.05, 0) is 66.9 Å². The molecule has 0 aromatic heterocycles. The van der Waals surface area contributed by atoms with Crippen molar-refractivity contribution in [2.24, 2.45) is 0 Å². The number of nitrogens with one attached hydrogen (secondary N) is 2. The Kier molecular flexibility index (Phi) is 6.76. The van der Waals surface area contributed by atoms with Crippen LogP contribution in [0.2, 0.25) is 0 Å². The fourth-order valence-electron chi connectivity index (χ4n) is 4.65. The predicted octanol–water partition coefficient (Wildman–Crippen LogP) is 4.30. The Labute approximate surface area is 215 Å². The van der Waals surface area contributed by atoms with Crippen molar-refractivity contribution in [2.45, 2.75) is 19.4 Å². The molecule has 0 radical (unpaired) electrons. The van der Waals surface area contributed by atoms with Gasteiger partial charge >= 0.3 is 6.03 Å². The van der Waals surface area contributed by atoms with Gasteiger partial charge in [0.15, 0.2) is 23.0 Å². The number of fused-ring (bicyclic) bond motifs is 2. The van der Waals surface area contributed by atoms with Crippen molar-refractivity contribution in [2.75, 3.05) is 39.4 Å². The van der Waals surface area contributed by atoms with Gasteiger partial charge in [0, 0.05) is 24.3 Å². The Balaban J connectivity index is 1.41. The number of anilines is 1. The van der Waals surface area contributed by atoms with Crippen LogP contribution in [0.3, 0.4) is 0 Å². The van der Waals surface area contributed by atoms with Crippen molar-refractivity contribution in [3.05, 3.63) is 76.9 Å². The van der Waals surface area contributed by atoms with Crippen LogP contribution in [0.15, 0.2) is 54.6 Å². The van der Waals surface area contributed by atoms with Crippen LogP contribution in [0.25, 0.3) is 0 Å². The molecule has 3 aromatic rings. The number of aryl methyl sites for hydroxylation is 1. The third-order valence-corrected chi connectivity index (χ3v) is 6.66. The molecule has 9 heteroatoms. The van der Waals surface area contributed by atoms with Gasteiger partial charge in [-0.25, -0.2) is 4.79 Å². The van der Waals surface area contributed by atoms with Crippen LogP contribution in [0.4, 0.5) is 10.5 Å². The second kappa shape index (κ2) is 10.3. The number of amides is 3. The zero-order valence-electron chi connectivity index (χ0n) is 21.0. The first-order valence-corrected chi connectivity index (χ1v) is 12.0. The van der Waals surface area contributed by atoms with Crippen molar-refractivity contribution >= 4 is 17.6 Å². The summed E-state index contributed by atoms with van der Waals surface area (Å²) in [5.74, 6) is 2.06. The van der Waals surface area contributed by atoms with Crippen molar-refractivity contribution in [3.8, 4) is 23.0 Å². The lowest BCUT2D eigenvalue weighted by Gasteiger charge is -2.38. The lowest BCUT2D eigenvalue weighted by Crippen LogP contribution is -2.46. The highest BCUT2D eigenvalue weighted by molar-refractivity contribution is 5.95. The first-order chi connectivity index (χ1) is 18.0. The molecule has 37 heavy (non-hydrogen) atoms. The number of carbonyl (C=O) groups excluding carboxylic acids is 2. The van der Waals surface area contributed by atoms with E-state index in [0.717, 1.165) is 16.7 Å². The maximum atomic E-state index is 13.4. The van der Waals surface area contributed by atoms with Gasteiger partial charge in [-0.2, -0.15) is 0 Å². The third kappa shape index (κ3) is 4.97. The SMILES string of the molecule is COc1cc2c(cc1OC)C(CNC(=O)c1ccc3c(c1)OCO3)N(C(=O)Nc1ccc(C)cc1)CC2. The molecule has 9 nitrogen and oxygen atoms in total. The zero-order chi connectivity index (χ0) is 25.9. The summed E-state index contributed by atoms with van der Waals surface area (Å²) in [6, 6.07) is 15.8. The highest BCUT2D eigenvalue weighted by Crippen LogP contribution is 2.38. The third-order valence-electron chi connectivity index (χ3n) is 6.66. The van der Waals surface area contributed by atoms with Gasteiger partial charge in [0.25, 0.3) is 5.91 Å². The van der Waals surface area contributed by atoms with E-state index in [1.54, 1.807) is 37.3 Å². The van der Waals surface area contributed by atoms with Crippen LogP contribution in [-0.2, 0) is 6.42 Å². The Bertz CT molecular complexity index is 1320. The number of carbonyl (C=O) groups is 2. The molecule has 2 aliphatic rings. The smallest absolute Gasteiger partial charge is 0.322 e. The number of nitrogens with zero attached hydrogens (tertiary/aromatic N) is 1. The van der Waals surface area contributed by atoms with Crippen LogP contribution >= 0.6 is 0 Å². The number of methoxy groups -OCH3 is 2. The van der Waals surface area contributed by atoms with E-state index in [-0.39, 0.29) is 25.3 Å². The Morgan fingerprint density at radius 2 is 1.70 bits per heavy atom. The summed E-state index contributed by atoms with van der Waals surface area (Å²) in [4.78, 5) is 28.2. The van der Waals surface area contributed by atoms with E-state index < -0.39 is 6.04 Å². The van der Waals surface area contributed by atoms with E-state index in [1.165, 1.54) is 0 Å². The Morgan fingerprint density at radius 1 is 0.973 bits per heavy atom. The van der Waals surface area contributed by atoms with E-state index in [1.807, 2.05) is 43.3 Å². The summed E-state index contributed by atoms with van der Waals surface area (Å²) >= 11 is 0. The Hall–Kier alpha value is -4.40. The predicted molar refractivity (Wildman–Crippen MR) is 138 cm³/mol. The highest BCUT2D eigenvalue weighted by Gasteiger charge is 2.33. The highest BCUT2D eigenvalue weighted by atomic mass is 16.7. The molecular weight excluding hydrogens is 474 g/mol. The Morgan fingerprint density at radius 3 is 2.46 bits per heavy atom. The molecule has 0 spiro atoms. The lowest BCUT2D eigenvalue weighted by molar-refractivity contribution is 0.0936. The molecule has 192 valence electrons. The van der Waals surface area contributed by atoms with Crippen LogP contribution < -0.4 is 29.6 Å². The summed E-state index contributed by atoms with van der Waals surface area (Å²) < 4.78 is 21.8. The average Bonchev–Trinajstić information content (AvgIpc) is 3.39. The molecule has 5 rings (SSSR count). The van der Waals surface area contributed by atoms with Crippen molar-refractivity contribution < 1.29 is 28.5 Å². The summed E-state index contributed by atoms with van der Waals surface area (Å²) in [7, 11) is 3.17. The molecule has 2 heterocycles. The van der Waals surface area contributed by atoms with Crippen molar-refractivity contribution in [1.29, 1.82) is 0 Å². The first-order valence-electron chi connectivity index (χ1n) is 12.0. The standard InChI is InChI=1S/C28H29N3O6/c1-17-4-7-20(8-5-17)30-28(33)31-11-10-18-12-24(34-2)25(35-3)14-21(18)22(31)15-29-27(32)19-6-9-23-26(13-19)37-16-36-23/h4-9,12-14,22H,10-11,15-16H2,1-3H3,(H,29,32)(H,30,33). The fraction of sp³-hybridized carbons (Fsp3) is 0.286. The number of hydrogen-bond acceptors (Lipinski definition) is 6. The normalized spacial score (nSPS) is 15.5. The molecule has 2 N–H and O–H groups in total. The van der Waals surface area contributed by atoms with E-state index in [9.17, 15) is 9.59 Å². The van der Waals surface area contributed by atoms with E-state index in [0.29, 0.717) is 47.2 Å². The summed E-state index contributed by atoms with van der Waals surface area (Å²) in [6.07, 6.45) is 0.642. The van der Waals surface area contributed by atoms with Crippen molar-refractivity contribution in [3.63, 3.8) is 0 Å². The van der Waals surface area contributed by atoms with Gasteiger partial charge in [-0.1, -0.05) is 17.7 Å². The van der Waals surface area contributed by atoms with E-state index in [2.05, 4.69) is 10.6 Å². The number of urea groups is 1. The van der Waals surface area contributed by atoms with Gasteiger partial charge in [-0.3, -0.25) is 4.79 Å².